The minimum Gasteiger partial charge on any atom is -0.342 e. The van der Waals surface area contributed by atoms with Crippen molar-refractivity contribution in [2.45, 2.75) is 32.2 Å². The van der Waals surface area contributed by atoms with E-state index in [9.17, 15) is 4.79 Å². The molecule has 0 radical (unpaired) electrons. The van der Waals surface area contributed by atoms with Gasteiger partial charge in [-0.05, 0) is 57.0 Å². The summed E-state index contributed by atoms with van der Waals surface area (Å²) >= 11 is 0. The average molecular weight is 339 g/mol. The summed E-state index contributed by atoms with van der Waals surface area (Å²) in [5, 5.41) is 0. The second kappa shape index (κ2) is 8.86. The van der Waals surface area contributed by atoms with Crippen molar-refractivity contribution in [3.8, 4) is 0 Å². The largest absolute Gasteiger partial charge is 0.342 e. The van der Waals surface area contributed by atoms with Gasteiger partial charge in [0.05, 0.1) is 0 Å². The van der Waals surface area contributed by atoms with E-state index in [0.717, 1.165) is 45.6 Å². The van der Waals surface area contributed by atoms with Gasteiger partial charge in [-0.15, -0.1) is 0 Å². The van der Waals surface area contributed by atoms with E-state index in [0.29, 0.717) is 0 Å². The molecular formula is C21H29N3O. The van der Waals surface area contributed by atoms with E-state index < -0.39 is 0 Å². The summed E-state index contributed by atoms with van der Waals surface area (Å²) in [6.45, 7) is 6.90. The highest BCUT2D eigenvalue weighted by Crippen LogP contribution is 2.13. The van der Waals surface area contributed by atoms with Crippen LogP contribution >= 0.6 is 0 Å². The van der Waals surface area contributed by atoms with Crippen molar-refractivity contribution in [2.75, 3.05) is 32.7 Å². The summed E-state index contributed by atoms with van der Waals surface area (Å²) < 4.78 is 1.99. The molecule has 3 rings (SSSR count). The summed E-state index contributed by atoms with van der Waals surface area (Å²) in [6, 6.07) is 14.5. The van der Waals surface area contributed by atoms with Crippen LogP contribution in [-0.4, -0.2) is 53.0 Å². The third-order valence-electron chi connectivity index (χ3n) is 5.11. The monoisotopic (exact) mass is 339 g/mol. The molecule has 1 aliphatic rings. The molecule has 1 aliphatic heterocycles. The van der Waals surface area contributed by atoms with Crippen LogP contribution in [0, 0.1) is 0 Å². The number of benzene rings is 1. The average Bonchev–Trinajstić information content (AvgIpc) is 3.08. The summed E-state index contributed by atoms with van der Waals surface area (Å²) in [7, 11) is 0. The van der Waals surface area contributed by atoms with Crippen molar-refractivity contribution >= 4 is 5.91 Å². The number of hydrogen-bond acceptors (Lipinski definition) is 2. The van der Waals surface area contributed by atoms with Crippen molar-refractivity contribution in [1.29, 1.82) is 0 Å². The molecule has 134 valence electrons. The van der Waals surface area contributed by atoms with Gasteiger partial charge >= 0.3 is 0 Å². The van der Waals surface area contributed by atoms with Crippen molar-refractivity contribution < 1.29 is 4.79 Å². The number of nitrogens with zero attached hydrogens (tertiary/aromatic N) is 3. The molecule has 1 amide bonds. The summed E-state index contributed by atoms with van der Waals surface area (Å²) in [4.78, 5) is 17.3. The molecule has 0 aliphatic carbocycles. The predicted molar refractivity (Wildman–Crippen MR) is 102 cm³/mol. The van der Waals surface area contributed by atoms with E-state index in [1.54, 1.807) is 0 Å². The zero-order valence-electron chi connectivity index (χ0n) is 15.2. The van der Waals surface area contributed by atoms with Crippen molar-refractivity contribution in [1.82, 2.24) is 14.4 Å². The fourth-order valence-electron chi connectivity index (χ4n) is 3.56. The number of aromatic nitrogens is 1. The van der Waals surface area contributed by atoms with E-state index in [4.69, 9.17) is 0 Å². The molecule has 0 bridgehead atoms. The number of hydrogen-bond donors (Lipinski definition) is 0. The second-order valence-corrected chi connectivity index (χ2v) is 6.92. The molecule has 0 unspecified atom stereocenters. The van der Waals surface area contributed by atoms with Crippen LogP contribution in [0.1, 0.15) is 31.4 Å². The Morgan fingerprint density at radius 2 is 1.76 bits per heavy atom. The Balaban J connectivity index is 1.44. The molecule has 4 nitrogen and oxygen atoms in total. The van der Waals surface area contributed by atoms with Crippen LogP contribution in [-0.2, 0) is 11.2 Å². The van der Waals surface area contributed by atoms with Crippen molar-refractivity contribution in [3.63, 3.8) is 0 Å². The van der Waals surface area contributed by atoms with Gasteiger partial charge in [-0.25, -0.2) is 0 Å². The van der Waals surface area contributed by atoms with Crippen LogP contribution in [0.2, 0.25) is 0 Å². The van der Waals surface area contributed by atoms with Gasteiger partial charge in [0.15, 0.2) is 0 Å². The first-order chi connectivity index (χ1) is 12.2. The van der Waals surface area contributed by atoms with Gasteiger partial charge < -0.3 is 14.4 Å². The molecular weight excluding hydrogens is 310 g/mol. The van der Waals surface area contributed by atoms with Crippen molar-refractivity contribution in [3.05, 3.63) is 60.4 Å². The van der Waals surface area contributed by atoms with Gasteiger partial charge in [0.25, 0.3) is 0 Å². The standard InChI is InChI=1S/C21H29N3O/c1-19(23-14-5-6-15-23)21(25)24-16-8-13-22(17-18-24)12-7-11-20-9-3-2-4-10-20/h2-6,9-10,14-15,19H,7-8,11-13,16-18H2,1H3/t19-/m1/s1. The lowest BCUT2D eigenvalue weighted by Crippen LogP contribution is -2.39. The van der Waals surface area contributed by atoms with Gasteiger partial charge in [-0.2, -0.15) is 0 Å². The lowest BCUT2D eigenvalue weighted by atomic mass is 10.1. The zero-order chi connectivity index (χ0) is 17.5. The number of amides is 1. The fourth-order valence-corrected chi connectivity index (χ4v) is 3.56. The summed E-state index contributed by atoms with van der Waals surface area (Å²) in [5.41, 5.74) is 1.41. The van der Waals surface area contributed by atoms with Gasteiger partial charge in [0.2, 0.25) is 5.91 Å². The molecule has 25 heavy (non-hydrogen) atoms. The highest BCUT2D eigenvalue weighted by molar-refractivity contribution is 5.80. The predicted octanol–water partition coefficient (Wildman–Crippen LogP) is 3.22. The number of carbonyl (C=O) groups excluding carboxylic acids is 1. The maximum atomic E-state index is 12.7. The van der Waals surface area contributed by atoms with Gasteiger partial charge in [0.1, 0.15) is 6.04 Å². The Morgan fingerprint density at radius 1 is 1.00 bits per heavy atom. The minimum absolute atomic E-state index is 0.111. The van der Waals surface area contributed by atoms with Crippen LogP contribution in [0.4, 0.5) is 0 Å². The smallest absolute Gasteiger partial charge is 0.245 e. The van der Waals surface area contributed by atoms with Gasteiger partial charge in [0, 0.05) is 32.0 Å². The van der Waals surface area contributed by atoms with E-state index >= 15 is 0 Å². The Hall–Kier alpha value is -2.07. The molecule has 1 aromatic carbocycles. The first-order valence-electron chi connectivity index (χ1n) is 9.41. The molecule has 2 aromatic rings. The SMILES string of the molecule is C[C@H](C(=O)N1CCCN(CCCc2ccccc2)CC1)n1cccc1. The first kappa shape index (κ1) is 17.7. The maximum Gasteiger partial charge on any atom is 0.245 e. The van der Waals surface area contributed by atoms with Crippen LogP contribution in [0.25, 0.3) is 0 Å². The Bertz CT molecular complexity index is 638. The molecule has 1 aromatic heterocycles. The van der Waals surface area contributed by atoms with E-state index in [1.165, 1.54) is 12.0 Å². The molecule has 1 saturated heterocycles. The number of carbonyl (C=O) groups is 1. The third kappa shape index (κ3) is 4.95. The normalized spacial score (nSPS) is 17.2. The van der Waals surface area contributed by atoms with E-state index in [2.05, 4.69) is 35.2 Å². The summed E-state index contributed by atoms with van der Waals surface area (Å²) in [5.74, 6) is 0.238. The molecule has 2 heterocycles. The fraction of sp³-hybridized carbons (Fsp3) is 0.476. The Labute approximate surface area is 151 Å². The van der Waals surface area contributed by atoms with E-state index in [1.807, 2.05) is 40.9 Å². The van der Waals surface area contributed by atoms with Crippen LogP contribution in [0.15, 0.2) is 54.9 Å². The van der Waals surface area contributed by atoms with E-state index in [-0.39, 0.29) is 11.9 Å². The molecule has 1 fully saturated rings. The minimum atomic E-state index is -0.111. The molecule has 0 N–H and O–H groups in total. The molecule has 0 saturated carbocycles. The second-order valence-electron chi connectivity index (χ2n) is 6.92. The number of aryl methyl sites for hydroxylation is 1. The Kier molecular flexibility index (Phi) is 6.29. The highest BCUT2D eigenvalue weighted by Gasteiger charge is 2.23. The zero-order valence-corrected chi connectivity index (χ0v) is 15.2. The maximum absolute atomic E-state index is 12.7. The van der Waals surface area contributed by atoms with Crippen LogP contribution in [0.3, 0.4) is 0 Å². The van der Waals surface area contributed by atoms with Crippen LogP contribution < -0.4 is 0 Å². The lowest BCUT2D eigenvalue weighted by Gasteiger charge is -2.25. The molecule has 1 atom stereocenters. The van der Waals surface area contributed by atoms with Crippen LogP contribution in [0.5, 0.6) is 0 Å². The lowest BCUT2D eigenvalue weighted by molar-refractivity contribution is -0.134. The van der Waals surface area contributed by atoms with Gasteiger partial charge in [-0.3, -0.25) is 4.79 Å². The molecule has 4 heteroatoms. The van der Waals surface area contributed by atoms with Crippen molar-refractivity contribution in [2.24, 2.45) is 0 Å². The highest BCUT2D eigenvalue weighted by atomic mass is 16.2. The van der Waals surface area contributed by atoms with Gasteiger partial charge in [-0.1, -0.05) is 30.3 Å². The topological polar surface area (TPSA) is 28.5 Å². The number of rotatable bonds is 6. The summed E-state index contributed by atoms with van der Waals surface area (Å²) in [6.07, 6.45) is 7.31. The first-order valence-corrected chi connectivity index (χ1v) is 9.41. The Morgan fingerprint density at radius 3 is 2.52 bits per heavy atom. The molecule has 0 spiro atoms. The third-order valence-corrected chi connectivity index (χ3v) is 5.11. The quantitative estimate of drug-likeness (QED) is 0.808.